The van der Waals surface area contributed by atoms with Gasteiger partial charge in [-0.05, 0) is 44.7 Å². The van der Waals surface area contributed by atoms with Gasteiger partial charge in [0, 0.05) is 18.2 Å². The number of nitrogens with zero attached hydrogens (tertiary/aromatic N) is 1. The molecule has 0 heterocycles. The molecule has 0 aliphatic heterocycles. The molecule has 3 nitrogen and oxygen atoms in total. The van der Waals surface area contributed by atoms with Gasteiger partial charge in [-0.25, -0.2) is 0 Å². The summed E-state index contributed by atoms with van der Waals surface area (Å²) in [6.07, 6.45) is 3.27. The molecule has 1 unspecified atom stereocenters. The molecule has 1 aliphatic rings. The van der Waals surface area contributed by atoms with Gasteiger partial charge in [0.05, 0.1) is 12.7 Å². The summed E-state index contributed by atoms with van der Waals surface area (Å²) in [6.45, 7) is 8.90. The van der Waals surface area contributed by atoms with Crippen LogP contribution in [0.5, 0.6) is 5.75 Å². The molecule has 1 atom stereocenters. The molecule has 0 bridgehead atoms. The van der Waals surface area contributed by atoms with Gasteiger partial charge in [-0.2, -0.15) is 0 Å². The Kier molecular flexibility index (Phi) is 6.07. The summed E-state index contributed by atoms with van der Waals surface area (Å²) >= 11 is 0. The lowest BCUT2D eigenvalue weighted by atomic mass is 10.1. The van der Waals surface area contributed by atoms with Crippen LogP contribution in [0.25, 0.3) is 0 Å². The van der Waals surface area contributed by atoms with Crippen molar-refractivity contribution in [3.05, 3.63) is 29.8 Å². The molecule has 21 heavy (non-hydrogen) atoms. The Balaban J connectivity index is 1.99. The standard InChI is InChI=1S/C18H29NO2/c1-4-21-18-8-6-5-7-16(18)17(20)13-19(15-9-10-15)12-11-14(2)3/h5-8,14-15,17,20H,4,9-13H2,1-3H3. The molecule has 1 aromatic rings. The van der Waals surface area contributed by atoms with Gasteiger partial charge in [0.2, 0.25) is 0 Å². The fourth-order valence-electron chi connectivity index (χ4n) is 2.65. The number of aliphatic hydroxyl groups is 1. The summed E-state index contributed by atoms with van der Waals surface area (Å²) < 4.78 is 5.64. The van der Waals surface area contributed by atoms with Crippen molar-refractivity contribution in [3.8, 4) is 5.75 Å². The van der Waals surface area contributed by atoms with Gasteiger partial charge in [0.25, 0.3) is 0 Å². The lowest BCUT2D eigenvalue weighted by molar-refractivity contribution is 0.103. The van der Waals surface area contributed by atoms with Crippen LogP contribution in [0.4, 0.5) is 0 Å². The monoisotopic (exact) mass is 291 g/mol. The van der Waals surface area contributed by atoms with E-state index in [1.54, 1.807) is 0 Å². The zero-order chi connectivity index (χ0) is 15.2. The first-order valence-electron chi connectivity index (χ1n) is 8.25. The minimum Gasteiger partial charge on any atom is -0.493 e. The Morgan fingerprint density at radius 3 is 2.62 bits per heavy atom. The molecular formula is C18H29NO2. The molecule has 3 heteroatoms. The van der Waals surface area contributed by atoms with Crippen molar-refractivity contribution in [1.29, 1.82) is 0 Å². The Hall–Kier alpha value is -1.06. The summed E-state index contributed by atoms with van der Waals surface area (Å²) in [6, 6.07) is 8.52. The first-order valence-corrected chi connectivity index (χ1v) is 8.25. The molecule has 118 valence electrons. The third-order valence-electron chi connectivity index (χ3n) is 4.04. The average molecular weight is 291 g/mol. The van der Waals surface area contributed by atoms with E-state index >= 15 is 0 Å². The van der Waals surface area contributed by atoms with Crippen molar-refractivity contribution in [2.75, 3.05) is 19.7 Å². The Bertz CT molecular complexity index is 429. The molecule has 1 N–H and O–H groups in total. The predicted molar refractivity (Wildman–Crippen MR) is 86.6 cm³/mol. The van der Waals surface area contributed by atoms with E-state index in [2.05, 4.69) is 18.7 Å². The second-order valence-corrected chi connectivity index (χ2v) is 6.40. The molecule has 1 aromatic carbocycles. The molecule has 0 radical (unpaired) electrons. The minimum atomic E-state index is -0.472. The number of hydrogen-bond donors (Lipinski definition) is 1. The zero-order valence-electron chi connectivity index (χ0n) is 13.6. The van der Waals surface area contributed by atoms with Gasteiger partial charge < -0.3 is 9.84 Å². The van der Waals surface area contributed by atoms with Crippen molar-refractivity contribution >= 4 is 0 Å². The number of ether oxygens (including phenoxy) is 1. The van der Waals surface area contributed by atoms with E-state index in [-0.39, 0.29) is 0 Å². The number of para-hydroxylation sites is 1. The molecule has 1 aliphatic carbocycles. The molecule has 0 aromatic heterocycles. The minimum absolute atomic E-state index is 0.472. The number of aliphatic hydroxyl groups excluding tert-OH is 1. The second kappa shape index (κ2) is 7.81. The molecule has 2 rings (SSSR count). The van der Waals surface area contributed by atoms with Crippen LogP contribution < -0.4 is 4.74 Å². The normalized spacial score (nSPS) is 16.5. The largest absolute Gasteiger partial charge is 0.493 e. The summed E-state index contributed by atoms with van der Waals surface area (Å²) in [5.74, 6) is 1.52. The maximum absolute atomic E-state index is 10.6. The van der Waals surface area contributed by atoms with Gasteiger partial charge in [0.1, 0.15) is 5.75 Å². The predicted octanol–water partition coefficient (Wildman–Crippen LogP) is 3.63. The van der Waals surface area contributed by atoms with Crippen molar-refractivity contribution in [2.45, 2.75) is 52.2 Å². The van der Waals surface area contributed by atoms with Crippen LogP contribution in [0, 0.1) is 5.92 Å². The lowest BCUT2D eigenvalue weighted by Crippen LogP contribution is -2.32. The van der Waals surface area contributed by atoms with E-state index in [9.17, 15) is 5.11 Å². The van der Waals surface area contributed by atoms with Crippen LogP contribution >= 0.6 is 0 Å². The molecule has 0 amide bonds. The van der Waals surface area contributed by atoms with E-state index in [0.29, 0.717) is 25.1 Å². The van der Waals surface area contributed by atoms with Crippen molar-refractivity contribution in [2.24, 2.45) is 5.92 Å². The summed E-state index contributed by atoms with van der Waals surface area (Å²) in [7, 11) is 0. The number of rotatable bonds is 9. The summed E-state index contributed by atoms with van der Waals surface area (Å²) in [5.41, 5.74) is 0.912. The maximum Gasteiger partial charge on any atom is 0.125 e. The Labute approximate surface area is 128 Å². The Morgan fingerprint density at radius 1 is 1.29 bits per heavy atom. The third kappa shape index (κ3) is 5.01. The van der Waals surface area contributed by atoms with Crippen molar-refractivity contribution in [1.82, 2.24) is 4.90 Å². The van der Waals surface area contributed by atoms with Crippen LogP contribution in [0.1, 0.15) is 51.7 Å². The van der Waals surface area contributed by atoms with Crippen LogP contribution in [0.15, 0.2) is 24.3 Å². The van der Waals surface area contributed by atoms with Gasteiger partial charge >= 0.3 is 0 Å². The van der Waals surface area contributed by atoms with Gasteiger partial charge in [0.15, 0.2) is 0 Å². The third-order valence-corrected chi connectivity index (χ3v) is 4.04. The number of benzene rings is 1. The zero-order valence-corrected chi connectivity index (χ0v) is 13.6. The molecule has 1 fully saturated rings. The molecule has 0 saturated heterocycles. The van der Waals surface area contributed by atoms with E-state index in [1.807, 2.05) is 31.2 Å². The van der Waals surface area contributed by atoms with Gasteiger partial charge in [-0.1, -0.05) is 32.0 Å². The van der Waals surface area contributed by atoms with E-state index in [1.165, 1.54) is 19.3 Å². The smallest absolute Gasteiger partial charge is 0.125 e. The highest BCUT2D eigenvalue weighted by Crippen LogP contribution is 2.31. The first kappa shape index (κ1) is 16.3. The van der Waals surface area contributed by atoms with Crippen LogP contribution in [-0.2, 0) is 0 Å². The summed E-state index contributed by atoms with van der Waals surface area (Å²) in [5, 5.41) is 10.6. The van der Waals surface area contributed by atoms with Crippen LogP contribution in [0.2, 0.25) is 0 Å². The van der Waals surface area contributed by atoms with Crippen molar-refractivity contribution < 1.29 is 9.84 Å². The SMILES string of the molecule is CCOc1ccccc1C(O)CN(CCC(C)C)C1CC1. The van der Waals surface area contributed by atoms with Gasteiger partial charge in [-0.3, -0.25) is 4.90 Å². The van der Waals surface area contributed by atoms with Crippen LogP contribution in [-0.4, -0.2) is 35.7 Å². The topological polar surface area (TPSA) is 32.7 Å². The Morgan fingerprint density at radius 2 is 2.00 bits per heavy atom. The van der Waals surface area contributed by atoms with E-state index in [4.69, 9.17) is 4.74 Å². The fraction of sp³-hybridized carbons (Fsp3) is 0.667. The average Bonchev–Trinajstić information content (AvgIpc) is 3.28. The van der Waals surface area contributed by atoms with Crippen molar-refractivity contribution in [3.63, 3.8) is 0 Å². The number of hydrogen-bond acceptors (Lipinski definition) is 3. The first-order chi connectivity index (χ1) is 10.1. The molecule has 0 spiro atoms. The van der Waals surface area contributed by atoms with E-state index in [0.717, 1.165) is 17.9 Å². The lowest BCUT2D eigenvalue weighted by Gasteiger charge is -2.26. The van der Waals surface area contributed by atoms with E-state index < -0.39 is 6.10 Å². The fourth-order valence-corrected chi connectivity index (χ4v) is 2.65. The molecular weight excluding hydrogens is 262 g/mol. The highest BCUT2D eigenvalue weighted by molar-refractivity contribution is 5.35. The van der Waals surface area contributed by atoms with Gasteiger partial charge in [-0.15, -0.1) is 0 Å². The van der Waals surface area contributed by atoms with Crippen LogP contribution in [0.3, 0.4) is 0 Å². The summed E-state index contributed by atoms with van der Waals surface area (Å²) in [4.78, 5) is 2.45. The maximum atomic E-state index is 10.6. The highest BCUT2D eigenvalue weighted by Gasteiger charge is 2.30. The quantitative estimate of drug-likeness (QED) is 0.754. The highest BCUT2D eigenvalue weighted by atomic mass is 16.5. The molecule has 1 saturated carbocycles. The second-order valence-electron chi connectivity index (χ2n) is 6.40.